The first-order chi connectivity index (χ1) is 18.8. The Morgan fingerprint density at radius 1 is 1.18 bits per heavy atom. The fraction of sp³-hybridized carbons (Fsp3) is 0.214. The highest BCUT2D eigenvalue weighted by Gasteiger charge is 2.47. The molecule has 1 aliphatic heterocycles. The summed E-state index contributed by atoms with van der Waals surface area (Å²) in [5.41, 5.74) is 7.37. The predicted octanol–water partition coefficient (Wildman–Crippen LogP) is 5.10. The molecule has 0 aliphatic carbocycles. The maximum absolute atomic E-state index is 13.4. The summed E-state index contributed by atoms with van der Waals surface area (Å²) >= 11 is 0. The number of carbonyl (C=O) groups excluding carboxylic acids is 1. The highest BCUT2D eigenvalue weighted by molar-refractivity contribution is 6.00. The number of hydrogen-bond donors (Lipinski definition) is 2. The number of nitrogens with zero attached hydrogens (tertiary/aromatic N) is 5. The molecular weight excluding hydrogens is 504 g/mol. The second kappa shape index (κ2) is 10.6. The van der Waals surface area contributed by atoms with Crippen molar-refractivity contribution in [3.05, 3.63) is 78.3 Å². The molecule has 2 N–H and O–H groups in total. The summed E-state index contributed by atoms with van der Waals surface area (Å²) in [5, 5.41) is 7.69. The first-order valence-electron chi connectivity index (χ1n) is 12.2. The molecule has 0 bridgehead atoms. The number of ether oxygens (including phenoxy) is 1. The Labute approximate surface area is 223 Å². The van der Waals surface area contributed by atoms with E-state index in [4.69, 9.17) is 4.74 Å². The Balaban J connectivity index is 1.40. The number of aromatic nitrogens is 3. The number of allylic oxidation sites excluding steroid dienone is 1. The number of alkyl halides is 2. The van der Waals surface area contributed by atoms with Gasteiger partial charge in [-0.1, -0.05) is 24.3 Å². The lowest BCUT2D eigenvalue weighted by atomic mass is 10.1. The lowest BCUT2D eigenvalue weighted by Crippen LogP contribution is -2.58. The van der Waals surface area contributed by atoms with Gasteiger partial charge in [0, 0.05) is 42.9 Å². The van der Waals surface area contributed by atoms with Crippen LogP contribution in [0, 0.1) is 0 Å². The van der Waals surface area contributed by atoms with Crippen LogP contribution in [-0.4, -0.2) is 58.2 Å². The third-order valence-electron chi connectivity index (χ3n) is 6.41. The van der Waals surface area contributed by atoms with E-state index in [9.17, 15) is 13.6 Å². The molecule has 1 saturated heterocycles. The lowest BCUT2D eigenvalue weighted by molar-refractivity contribution is -0.113. The number of fused-ring (bicyclic) bond motifs is 1. The first kappa shape index (κ1) is 26.0. The minimum absolute atomic E-state index is 0.0888. The Morgan fingerprint density at radius 2 is 1.95 bits per heavy atom. The van der Waals surface area contributed by atoms with E-state index in [0.29, 0.717) is 22.9 Å². The van der Waals surface area contributed by atoms with Crippen LogP contribution in [0.4, 0.5) is 20.3 Å². The number of anilines is 2. The van der Waals surface area contributed by atoms with Gasteiger partial charge in [-0.3, -0.25) is 10.2 Å². The van der Waals surface area contributed by atoms with Crippen LogP contribution < -0.4 is 10.7 Å². The van der Waals surface area contributed by atoms with Crippen LogP contribution in [0.15, 0.2) is 72.1 Å². The van der Waals surface area contributed by atoms with Crippen molar-refractivity contribution in [2.45, 2.75) is 19.6 Å². The number of hydrazone groups is 1. The largest absolute Gasteiger partial charge is 0.364 e. The van der Waals surface area contributed by atoms with E-state index in [1.54, 1.807) is 29.1 Å². The number of hydrogen-bond acceptors (Lipinski definition) is 7. The van der Waals surface area contributed by atoms with Crippen molar-refractivity contribution in [2.24, 2.45) is 5.10 Å². The Bertz CT molecular complexity index is 1560. The van der Waals surface area contributed by atoms with Crippen LogP contribution in [0.25, 0.3) is 27.9 Å². The van der Waals surface area contributed by atoms with Gasteiger partial charge < -0.3 is 19.5 Å². The van der Waals surface area contributed by atoms with E-state index in [1.807, 2.05) is 49.4 Å². The molecule has 0 saturated carbocycles. The van der Waals surface area contributed by atoms with E-state index in [-0.39, 0.29) is 6.73 Å². The summed E-state index contributed by atoms with van der Waals surface area (Å²) in [4.78, 5) is 23.2. The number of rotatable bonds is 9. The van der Waals surface area contributed by atoms with Gasteiger partial charge in [0.05, 0.1) is 18.6 Å². The molecule has 2 aromatic heterocycles. The second-order valence-corrected chi connectivity index (χ2v) is 9.25. The van der Waals surface area contributed by atoms with Crippen LogP contribution in [0.3, 0.4) is 0 Å². The number of nitrogens with one attached hydrogen (secondary N) is 2. The number of amides is 1. The van der Waals surface area contributed by atoms with Crippen molar-refractivity contribution in [3.63, 3.8) is 0 Å². The molecule has 0 atom stereocenters. The summed E-state index contributed by atoms with van der Waals surface area (Å²) in [7, 11) is 1.51. The van der Waals surface area contributed by atoms with Gasteiger partial charge in [0.15, 0.2) is 5.82 Å². The average molecular weight is 532 g/mol. The standard InChI is InChI=1S/C28H27F2N7O2/c1-18(14-33-31-2)19-6-8-22(9-7-19)34-25-10-11-32-26(35-25)21-5-4-20-12-24(37(17-39-3)23(20)13-21)27(38)36-15-28(29,30)16-36/h4-14,33H,2,15-17H2,1,3H3,(H,32,34,35)/b18-14+. The molecule has 11 heteroatoms. The smallest absolute Gasteiger partial charge is 0.282 e. The number of likely N-dealkylation sites (tertiary alicyclic amines) is 1. The van der Waals surface area contributed by atoms with Crippen LogP contribution in [0.5, 0.6) is 0 Å². The Morgan fingerprint density at radius 3 is 2.64 bits per heavy atom. The fourth-order valence-corrected chi connectivity index (χ4v) is 4.41. The molecule has 1 amide bonds. The second-order valence-electron chi connectivity index (χ2n) is 9.25. The van der Waals surface area contributed by atoms with Gasteiger partial charge in [0.2, 0.25) is 0 Å². The van der Waals surface area contributed by atoms with E-state index < -0.39 is 24.9 Å². The molecule has 200 valence electrons. The zero-order valence-electron chi connectivity index (χ0n) is 21.5. The van der Waals surface area contributed by atoms with Gasteiger partial charge in [-0.25, -0.2) is 18.7 Å². The number of carbonyl (C=O) groups is 1. The summed E-state index contributed by atoms with van der Waals surface area (Å²) in [6.45, 7) is 4.29. The molecule has 39 heavy (non-hydrogen) atoms. The molecule has 1 fully saturated rings. The summed E-state index contributed by atoms with van der Waals surface area (Å²) < 4.78 is 33.7. The van der Waals surface area contributed by atoms with E-state index in [1.165, 1.54) is 7.11 Å². The van der Waals surface area contributed by atoms with Crippen LogP contribution >= 0.6 is 0 Å². The summed E-state index contributed by atoms with van der Waals surface area (Å²) in [6, 6.07) is 16.9. The van der Waals surface area contributed by atoms with Crippen LogP contribution in [0.1, 0.15) is 23.0 Å². The van der Waals surface area contributed by atoms with Crippen molar-refractivity contribution < 1.29 is 18.3 Å². The maximum atomic E-state index is 13.4. The third kappa shape index (κ3) is 5.48. The molecule has 0 radical (unpaired) electrons. The quantitative estimate of drug-likeness (QED) is 0.230. The van der Waals surface area contributed by atoms with Crippen molar-refractivity contribution >= 4 is 40.6 Å². The number of halogens is 2. The summed E-state index contributed by atoms with van der Waals surface area (Å²) in [6.07, 6.45) is 3.44. The normalized spacial score (nSPS) is 14.7. The van der Waals surface area contributed by atoms with Crippen molar-refractivity contribution in [3.8, 4) is 11.4 Å². The molecule has 0 unspecified atom stereocenters. The van der Waals surface area contributed by atoms with Gasteiger partial charge in [0.25, 0.3) is 11.8 Å². The maximum Gasteiger partial charge on any atom is 0.282 e. The van der Waals surface area contributed by atoms with E-state index in [2.05, 4.69) is 32.5 Å². The van der Waals surface area contributed by atoms with Gasteiger partial charge in [-0.15, -0.1) is 0 Å². The number of benzene rings is 2. The molecule has 1 aliphatic rings. The van der Waals surface area contributed by atoms with Gasteiger partial charge in [-0.05, 0) is 48.4 Å². The van der Waals surface area contributed by atoms with Crippen LogP contribution in [-0.2, 0) is 11.5 Å². The lowest BCUT2D eigenvalue weighted by Gasteiger charge is -2.38. The fourth-order valence-electron chi connectivity index (χ4n) is 4.41. The SMILES string of the molecule is C=NN/C=C(\C)c1ccc(Nc2ccnc(-c3ccc4cc(C(=O)N5CC(F)(F)C5)n(COC)c4c3)n2)cc1. The zero-order valence-corrected chi connectivity index (χ0v) is 21.5. The third-order valence-corrected chi connectivity index (χ3v) is 6.41. The topological polar surface area (TPSA) is 96.7 Å². The van der Waals surface area contributed by atoms with Crippen molar-refractivity contribution in [2.75, 3.05) is 25.5 Å². The zero-order chi connectivity index (χ0) is 27.6. The van der Waals surface area contributed by atoms with Gasteiger partial charge in [0.1, 0.15) is 18.2 Å². The monoisotopic (exact) mass is 531 g/mol. The molecule has 3 heterocycles. The first-order valence-corrected chi connectivity index (χ1v) is 12.2. The Hall–Kier alpha value is -4.64. The predicted molar refractivity (Wildman–Crippen MR) is 147 cm³/mol. The van der Waals surface area contributed by atoms with Crippen LogP contribution in [0.2, 0.25) is 0 Å². The molecule has 5 rings (SSSR count). The summed E-state index contributed by atoms with van der Waals surface area (Å²) in [5.74, 6) is -2.20. The van der Waals surface area contributed by atoms with E-state index >= 15 is 0 Å². The van der Waals surface area contributed by atoms with E-state index in [0.717, 1.165) is 32.7 Å². The Kier molecular flexibility index (Phi) is 7.07. The van der Waals surface area contributed by atoms with Gasteiger partial charge in [-0.2, -0.15) is 5.10 Å². The van der Waals surface area contributed by atoms with Crippen molar-refractivity contribution in [1.82, 2.24) is 24.9 Å². The minimum atomic E-state index is -2.84. The van der Waals surface area contributed by atoms with Crippen molar-refractivity contribution in [1.29, 1.82) is 0 Å². The molecule has 2 aromatic carbocycles. The number of methoxy groups -OCH3 is 1. The highest BCUT2D eigenvalue weighted by atomic mass is 19.3. The molecule has 9 nitrogen and oxygen atoms in total. The molecule has 4 aromatic rings. The van der Waals surface area contributed by atoms with Gasteiger partial charge >= 0.3 is 0 Å². The molecule has 0 spiro atoms. The minimum Gasteiger partial charge on any atom is -0.364 e. The molecular formula is C28H27F2N7O2. The average Bonchev–Trinajstić information content (AvgIpc) is 3.28. The highest BCUT2D eigenvalue weighted by Crippen LogP contribution is 2.31.